The van der Waals surface area contributed by atoms with Crippen LogP contribution >= 0.6 is 0 Å². The Kier molecular flexibility index (Phi) is 6.41. The Hall–Kier alpha value is -3.61. The number of carbonyl (C=O) groups is 2. The number of aromatic nitrogens is 1. The van der Waals surface area contributed by atoms with E-state index in [2.05, 4.69) is 15.6 Å². The van der Waals surface area contributed by atoms with Crippen LogP contribution in [0, 0.1) is 0 Å². The minimum absolute atomic E-state index is 0.267. The van der Waals surface area contributed by atoms with Gasteiger partial charge in [-0.25, -0.2) is 0 Å². The molecule has 0 radical (unpaired) electrons. The van der Waals surface area contributed by atoms with Crippen molar-refractivity contribution in [2.45, 2.75) is 13.0 Å². The maximum atomic E-state index is 12.4. The molecule has 0 saturated heterocycles. The molecule has 2 heterocycles. The number of ether oxygens (including phenoxy) is 1. The number of carbonyl (C=O) groups excluding carboxylic acids is 2. The summed E-state index contributed by atoms with van der Waals surface area (Å²) in [6.45, 7) is 0.726. The fraction of sp³-hybridized carbons (Fsp3) is 0.190. The minimum Gasteiger partial charge on any atom is -0.497 e. The van der Waals surface area contributed by atoms with Crippen molar-refractivity contribution in [2.24, 2.45) is 0 Å². The largest absolute Gasteiger partial charge is 0.497 e. The number of nitrogens with zero attached hydrogens (tertiary/aromatic N) is 1. The van der Waals surface area contributed by atoms with Gasteiger partial charge in [0.25, 0.3) is 11.8 Å². The topological polar surface area (TPSA) is 93.5 Å². The SMILES string of the molecule is COc1cccc(CCNC(=O)c2cncc(C(=O)NCc3ccco3)c2)c1. The zero-order valence-electron chi connectivity index (χ0n) is 15.5. The molecule has 0 aliphatic heterocycles. The van der Waals surface area contributed by atoms with E-state index >= 15 is 0 Å². The number of amides is 2. The zero-order chi connectivity index (χ0) is 19.8. The molecule has 0 unspecified atom stereocenters. The lowest BCUT2D eigenvalue weighted by Gasteiger charge is -2.08. The zero-order valence-corrected chi connectivity index (χ0v) is 15.5. The summed E-state index contributed by atoms with van der Waals surface area (Å²) in [5, 5.41) is 5.57. The standard InChI is InChI=1S/C21H21N3O4/c1-27-18-5-2-4-15(10-18)7-8-23-20(25)16-11-17(13-22-12-16)21(26)24-14-19-6-3-9-28-19/h2-6,9-13H,7-8,14H2,1H3,(H,23,25)(H,24,26). The third-order valence-electron chi connectivity index (χ3n) is 4.10. The molecule has 28 heavy (non-hydrogen) atoms. The summed E-state index contributed by atoms with van der Waals surface area (Å²) in [5.74, 6) is 0.819. The Morgan fingerprint density at radius 3 is 2.54 bits per heavy atom. The molecule has 0 atom stereocenters. The van der Waals surface area contributed by atoms with Crippen LogP contribution in [0.1, 0.15) is 32.0 Å². The number of hydrogen-bond donors (Lipinski definition) is 2. The molecule has 7 heteroatoms. The van der Waals surface area contributed by atoms with Crippen molar-refractivity contribution < 1.29 is 18.7 Å². The van der Waals surface area contributed by atoms with Crippen molar-refractivity contribution in [1.29, 1.82) is 0 Å². The fourth-order valence-corrected chi connectivity index (χ4v) is 2.62. The smallest absolute Gasteiger partial charge is 0.253 e. The maximum absolute atomic E-state index is 12.4. The molecule has 0 saturated carbocycles. The Balaban J connectivity index is 1.53. The first-order valence-corrected chi connectivity index (χ1v) is 8.82. The van der Waals surface area contributed by atoms with Gasteiger partial charge < -0.3 is 19.8 Å². The van der Waals surface area contributed by atoms with Crippen molar-refractivity contribution in [3.05, 3.63) is 83.6 Å². The van der Waals surface area contributed by atoms with Gasteiger partial charge >= 0.3 is 0 Å². The van der Waals surface area contributed by atoms with Crippen LogP contribution in [0.25, 0.3) is 0 Å². The summed E-state index contributed by atoms with van der Waals surface area (Å²) in [7, 11) is 1.62. The Morgan fingerprint density at radius 1 is 1.04 bits per heavy atom. The van der Waals surface area contributed by atoms with Gasteiger partial charge in [-0.3, -0.25) is 14.6 Å². The van der Waals surface area contributed by atoms with Gasteiger partial charge in [-0.1, -0.05) is 12.1 Å². The van der Waals surface area contributed by atoms with Crippen LogP contribution in [0.4, 0.5) is 0 Å². The predicted molar refractivity (Wildman–Crippen MR) is 103 cm³/mol. The van der Waals surface area contributed by atoms with Crippen LogP contribution in [0.5, 0.6) is 5.75 Å². The average Bonchev–Trinajstić information content (AvgIpc) is 3.26. The number of rotatable bonds is 8. The fourth-order valence-electron chi connectivity index (χ4n) is 2.62. The van der Waals surface area contributed by atoms with Crippen molar-refractivity contribution in [2.75, 3.05) is 13.7 Å². The summed E-state index contributed by atoms with van der Waals surface area (Å²) in [6, 6.07) is 12.7. The van der Waals surface area contributed by atoms with Gasteiger partial charge in [0.1, 0.15) is 11.5 Å². The molecule has 0 aliphatic carbocycles. The van der Waals surface area contributed by atoms with Crippen LogP contribution < -0.4 is 15.4 Å². The summed E-state index contributed by atoms with van der Waals surface area (Å²) in [6.07, 6.45) is 5.06. The normalized spacial score (nSPS) is 10.3. The number of furan rings is 1. The summed E-state index contributed by atoms with van der Waals surface area (Å²) < 4.78 is 10.4. The molecule has 1 aromatic carbocycles. The van der Waals surface area contributed by atoms with Crippen molar-refractivity contribution in [3.63, 3.8) is 0 Å². The molecule has 3 aromatic rings. The predicted octanol–water partition coefficient (Wildman–Crippen LogP) is 2.59. The monoisotopic (exact) mass is 379 g/mol. The molecule has 0 aliphatic rings. The van der Waals surface area contributed by atoms with Gasteiger partial charge in [0.2, 0.25) is 0 Å². The third-order valence-corrected chi connectivity index (χ3v) is 4.10. The van der Waals surface area contributed by atoms with E-state index in [1.54, 1.807) is 25.5 Å². The summed E-state index contributed by atoms with van der Waals surface area (Å²) >= 11 is 0. The van der Waals surface area contributed by atoms with Gasteiger partial charge in [0, 0.05) is 18.9 Å². The van der Waals surface area contributed by atoms with Crippen molar-refractivity contribution >= 4 is 11.8 Å². The van der Waals surface area contributed by atoms with Crippen molar-refractivity contribution in [3.8, 4) is 5.75 Å². The van der Waals surface area contributed by atoms with E-state index in [1.165, 1.54) is 18.5 Å². The molecule has 3 rings (SSSR count). The molecule has 2 aromatic heterocycles. The highest BCUT2D eigenvalue weighted by Crippen LogP contribution is 2.12. The lowest BCUT2D eigenvalue weighted by molar-refractivity contribution is 0.0947. The highest BCUT2D eigenvalue weighted by Gasteiger charge is 2.11. The van der Waals surface area contributed by atoms with Gasteiger partial charge in [-0.15, -0.1) is 0 Å². The van der Waals surface area contributed by atoms with Crippen LogP contribution in [0.2, 0.25) is 0 Å². The number of methoxy groups -OCH3 is 1. The van der Waals surface area contributed by atoms with Crippen LogP contribution in [0.3, 0.4) is 0 Å². The second-order valence-electron chi connectivity index (χ2n) is 6.08. The molecule has 0 bridgehead atoms. The lowest BCUT2D eigenvalue weighted by atomic mass is 10.1. The molecule has 0 fully saturated rings. The molecule has 144 valence electrons. The highest BCUT2D eigenvalue weighted by molar-refractivity contribution is 5.99. The Morgan fingerprint density at radius 2 is 1.82 bits per heavy atom. The first-order valence-electron chi connectivity index (χ1n) is 8.82. The van der Waals surface area contributed by atoms with Gasteiger partial charge in [-0.2, -0.15) is 0 Å². The molecule has 2 amide bonds. The molecular formula is C21H21N3O4. The van der Waals surface area contributed by atoms with E-state index in [0.29, 0.717) is 29.9 Å². The van der Waals surface area contributed by atoms with Crippen LogP contribution in [-0.2, 0) is 13.0 Å². The second kappa shape index (κ2) is 9.36. The van der Waals surface area contributed by atoms with E-state index in [1.807, 2.05) is 24.3 Å². The highest BCUT2D eigenvalue weighted by atomic mass is 16.5. The van der Waals surface area contributed by atoms with Crippen molar-refractivity contribution in [1.82, 2.24) is 15.6 Å². The first kappa shape index (κ1) is 19.2. The first-order chi connectivity index (χ1) is 13.7. The van der Waals surface area contributed by atoms with E-state index in [4.69, 9.17) is 9.15 Å². The number of benzene rings is 1. The van der Waals surface area contributed by atoms with Gasteiger partial charge in [0.15, 0.2) is 0 Å². The van der Waals surface area contributed by atoms with Gasteiger partial charge in [0.05, 0.1) is 31.0 Å². The van der Waals surface area contributed by atoms with E-state index < -0.39 is 0 Å². The number of pyridine rings is 1. The number of hydrogen-bond acceptors (Lipinski definition) is 5. The van der Waals surface area contributed by atoms with E-state index in [9.17, 15) is 9.59 Å². The Bertz CT molecular complexity index is 938. The summed E-state index contributed by atoms with van der Waals surface area (Å²) in [4.78, 5) is 28.6. The molecule has 7 nitrogen and oxygen atoms in total. The van der Waals surface area contributed by atoms with Crippen LogP contribution in [-0.4, -0.2) is 30.5 Å². The maximum Gasteiger partial charge on any atom is 0.253 e. The van der Waals surface area contributed by atoms with Crippen LogP contribution in [0.15, 0.2) is 65.5 Å². The van der Waals surface area contributed by atoms with E-state index in [0.717, 1.165) is 11.3 Å². The molecule has 2 N–H and O–H groups in total. The lowest BCUT2D eigenvalue weighted by Crippen LogP contribution is -2.27. The average molecular weight is 379 g/mol. The quantitative estimate of drug-likeness (QED) is 0.627. The Labute approximate surface area is 162 Å². The summed E-state index contributed by atoms with van der Waals surface area (Å²) in [5.41, 5.74) is 1.70. The molecular weight excluding hydrogens is 358 g/mol. The van der Waals surface area contributed by atoms with Gasteiger partial charge in [-0.05, 0) is 42.3 Å². The number of nitrogens with one attached hydrogen (secondary N) is 2. The van der Waals surface area contributed by atoms with E-state index in [-0.39, 0.29) is 18.4 Å². The third kappa shape index (κ3) is 5.20. The molecule has 0 spiro atoms. The minimum atomic E-state index is -0.324. The second-order valence-corrected chi connectivity index (χ2v) is 6.08.